The van der Waals surface area contributed by atoms with Gasteiger partial charge in [-0.3, -0.25) is 0 Å². The van der Waals surface area contributed by atoms with Crippen molar-refractivity contribution in [2.45, 2.75) is 19.9 Å². The molecule has 0 unspecified atom stereocenters. The third-order valence-electron chi connectivity index (χ3n) is 3.94. The van der Waals surface area contributed by atoms with Crippen LogP contribution in [0.1, 0.15) is 16.7 Å². The van der Waals surface area contributed by atoms with Crippen LogP contribution in [0.2, 0.25) is 0 Å². The van der Waals surface area contributed by atoms with Crippen molar-refractivity contribution in [3.05, 3.63) is 95.6 Å². The maximum absolute atomic E-state index is 5.82. The molecule has 0 spiro atoms. The summed E-state index contributed by atoms with van der Waals surface area (Å²) < 4.78 is 5.82. The molecule has 0 aromatic heterocycles. The Morgan fingerprint density at radius 1 is 0.792 bits per heavy atom. The zero-order valence-corrected chi connectivity index (χ0v) is 14.0. The van der Waals surface area contributed by atoms with Gasteiger partial charge in [0.25, 0.3) is 0 Å². The van der Waals surface area contributed by atoms with E-state index in [9.17, 15) is 0 Å². The molecule has 2 nitrogen and oxygen atoms in total. The van der Waals surface area contributed by atoms with Crippen LogP contribution < -0.4 is 10.1 Å². The standard InChI is InChI=1S/C22H23NO/c1-18-6-5-9-20(16-18)17-23-21-10-12-22(13-11-21)24-15-14-19-7-3-2-4-8-19/h2-13,16,23H,14-15,17H2,1H3. The summed E-state index contributed by atoms with van der Waals surface area (Å²) in [5, 5.41) is 3.44. The van der Waals surface area contributed by atoms with Crippen LogP contribution in [0.4, 0.5) is 5.69 Å². The minimum atomic E-state index is 0.695. The summed E-state index contributed by atoms with van der Waals surface area (Å²) in [6.07, 6.45) is 0.925. The second kappa shape index (κ2) is 8.21. The van der Waals surface area contributed by atoms with Crippen molar-refractivity contribution in [3.8, 4) is 5.75 Å². The highest BCUT2D eigenvalue weighted by molar-refractivity contribution is 5.47. The highest BCUT2D eigenvalue weighted by Gasteiger charge is 1.98. The molecule has 0 fully saturated rings. The fraction of sp³-hybridized carbons (Fsp3) is 0.182. The van der Waals surface area contributed by atoms with E-state index in [-0.39, 0.29) is 0 Å². The SMILES string of the molecule is Cc1cccc(CNc2ccc(OCCc3ccccc3)cc2)c1. The first kappa shape index (κ1) is 16.1. The van der Waals surface area contributed by atoms with Crippen molar-refractivity contribution < 1.29 is 4.74 Å². The van der Waals surface area contributed by atoms with Gasteiger partial charge in [0.1, 0.15) is 5.75 Å². The van der Waals surface area contributed by atoms with Gasteiger partial charge in [-0.15, -0.1) is 0 Å². The lowest BCUT2D eigenvalue weighted by molar-refractivity contribution is 0.322. The molecule has 0 amide bonds. The summed E-state index contributed by atoms with van der Waals surface area (Å²) in [5.41, 5.74) is 4.98. The number of aryl methyl sites for hydroxylation is 1. The molecule has 0 saturated heterocycles. The van der Waals surface area contributed by atoms with E-state index in [2.05, 4.69) is 72.9 Å². The zero-order chi connectivity index (χ0) is 16.6. The molecular weight excluding hydrogens is 294 g/mol. The van der Waals surface area contributed by atoms with Gasteiger partial charge in [0.05, 0.1) is 6.61 Å². The minimum absolute atomic E-state index is 0.695. The van der Waals surface area contributed by atoms with Gasteiger partial charge in [-0.25, -0.2) is 0 Å². The van der Waals surface area contributed by atoms with Crippen LogP contribution in [0.3, 0.4) is 0 Å². The molecule has 122 valence electrons. The highest BCUT2D eigenvalue weighted by Crippen LogP contribution is 2.17. The number of anilines is 1. The molecule has 0 aliphatic heterocycles. The van der Waals surface area contributed by atoms with E-state index in [0.29, 0.717) is 6.61 Å². The second-order valence-electron chi connectivity index (χ2n) is 5.95. The second-order valence-corrected chi connectivity index (χ2v) is 5.95. The number of rotatable bonds is 7. The molecule has 2 heteroatoms. The van der Waals surface area contributed by atoms with Gasteiger partial charge in [0.15, 0.2) is 0 Å². The fourth-order valence-electron chi connectivity index (χ4n) is 2.63. The van der Waals surface area contributed by atoms with E-state index >= 15 is 0 Å². The van der Waals surface area contributed by atoms with Crippen molar-refractivity contribution in [1.29, 1.82) is 0 Å². The Morgan fingerprint density at radius 2 is 1.54 bits per heavy atom. The van der Waals surface area contributed by atoms with Gasteiger partial charge in [0.2, 0.25) is 0 Å². The quantitative estimate of drug-likeness (QED) is 0.644. The number of benzene rings is 3. The third kappa shape index (κ3) is 4.88. The predicted octanol–water partition coefficient (Wildman–Crippen LogP) is 5.23. The lowest BCUT2D eigenvalue weighted by Crippen LogP contribution is -2.02. The number of nitrogens with one attached hydrogen (secondary N) is 1. The molecule has 0 saturated carbocycles. The summed E-state index contributed by atoms with van der Waals surface area (Å²) in [4.78, 5) is 0. The molecule has 0 heterocycles. The summed E-state index contributed by atoms with van der Waals surface area (Å²) >= 11 is 0. The van der Waals surface area contributed by atoms with Crippen molar-refractivity contribution >= 4 is 5.69 Å². The predicted molar refractivity (Wildman–Crippen MR) is 101 cm³/mol. The maximum atomic E-state index is 5.82. The Labute approximate surface area is 144 Å². The number of hydrogen-bond acceptors (Lipinski definition) is 2. The van der Waals surface area contributed by atoms with Crippen LogP contribution in [0.25, 0.3) is 0 Å². The molecule has 3 aromatic rings. The first-order valence-electron chi connectivity index (χ1n) is 8.36. The normalized spacial score (nSPS) is 10.4. The maximum Gasteiger partial charge on any atom is 0.119 e. The fourth-order valence-corrected chi connectivity index (χ4v) is 2.63. The highest BCUT2D eigenvalue weighted by atomic mass is 16.5. The molecule has 0 bridgehead atoms. The smallest absolute Gasteiger partial charge is 0.119 e. The van der Waals surface area contributed by atoms with Crippen LogP contribution >= 0.6 is 0 Å². The first-order chi connectivity index (χ1) is 11.8. The largest absolute Gasteiger partial charge is 0.493 e. The minimum Gasteiger partial charge on any atom is -0.493 e. The van der Waals surface area contributed by atoms with Gasteiger partial charge >= 0.3 is 0 Å². The molecule has 1 N–H and O–H groups in total. The third-order valence-corrected chi connectivity index (χ3v) is 3.94. The summed E-state index contributed by atoms with van der Waals surface area (Å²) in [7, 11) is 0. The van der Waals surface area contributed by atoms with E-state index in [0.717, 1.165) is 24.4 Å². The van der Waals surface area contributed by atoms with Crippen molar-refractivity contribution in [2.75, 3.05) is 11.9 Å². The van der Waals surface area contributed by atoms with E-state index in [1.54, 1.807) is 0 Å². The molecule has 0 radical (unpaired) electrons. The van der Waals surface area contributed by atoms with Crippen LogP contribution in [0, 0.1) is 6.92 Å². The van der Waals surface area contributed by atoms with Gasteiger partial charge < -0.3 is 10.1 Å². The average Bonchev–Trinajstić information content (AvgIpc) is 2.62. The van der Waals surface area contributed by atoms with E-state index in [1.165, 1.54) is 16.7 Å². The van der Waals surface area contributed by atoms with Gasteiger partial charge in [-0.2, -0.15) is 0 Å². The number of ether oxygens (including phenoxy) is 1. The van der Waals surface area contributed by atoms with E-state index in [4.69, 9.17) is 4.74 Å². The first-order valence-corrected chi connectivity index (χ1v) is 8.36. The topological polar surface area (TPSA) is 21.3 Å². The molecular formula is C22H23NO. The van der Waals surface area contributed by atoms with Gasteiger partial charge in [-0.1, -0.05) is 60.2 Å². The van der Waals surface area contributed by atoms with Crippen LogP contribution in [0.15, 0.2) is 78.9 Å². The van der Waals surface area contributed by atoms with Crippen molar-refractivity contribution in [1.82, 2.24) is 0 Å². The van der Waals surface area contributed by atoms with Crippen molar-refractivity contribution in [3.63, 3.8) is 0 Å². The molecule has 3 rings (SSSR count). The Balaban J connectivity index is 1.46. The molecule has 24 heavy (non-hydrogen) atoms. The number of hydrogen-bond donors (Lipinski definition) is 1. The molecule has 0 aliphatic rings. The van der Waals surface area contributed by atoms with Crippen molar-refractivity contribution in [2.24, 2.45) is 0 Å². The zero-order valence-electron chi connectivity index (χ0n) is 14.0. The Morgan fingerprint density at radius 3 is 2.29 bits per heavy atom. The summed E-state index contributed by atoms with van der Waals surface area (Å²) in [6, 6.07) is 27.1. The van der Waals surface area contributed by atoms with Crippen LogP contribution in [-0.2, 0) is 13.0 Å². The Bertz CT molecular complexity index is 750. The van der Waals surface area contributed by atoms with Crippen LogP contribution in [0.5, 0.6) is 5.75 Å². The van der Waals surface area contributed by atoms with Gasteiger partial charge in [-0.05, 0) is 42.3 Å². The Hall–Kier alpha value is -2.74. The Kier molecular flexibility index (Phi) is 5.52. The lowest BCUT2D eigenvalue weighted by Gasteiger charge is -2.09. The molecule has 0 atom stereocenters. The average molecular weight is 317 g/mol. The lowest BCUT2D eigenvalue weighted by atomic mass is 10.1. The van der Waals surface area contributed by atoms with Crippen LogP contribution in [-0.4, -0.2) is 6.61 Å². The monoisotopic (exact) mass is 317 g/mol. The van der Waals surface area contributed by atoms with Gasteiger partial charge in [0, 0.05) is 18.7 Å². The summed E-state index contributed by atoms with van der Waals surface area (Å²) in [5.74, 6) is 0.909. The van der Waals surface area contributed by atoms with E-state index in [1.807, 2.05) is 18.2 Å². The van der Waals surface area contributed by atoms with E-state index < -0.39 is 0 Å². The summed E-state index contributed by atoms with van der Waals surface area (Å²) in [6.45, 7) is 3.64. The molecule has 0 aliphatic carbocycles. The molecule has 3 aromatic carbocycles.